The Labute approximate surface area is 160 Å². The first-order chi connectivity index (χ1) is 12.6. The van der Waals surface area contributed by atoms with Gasteiger partial charge in [0.25, 0.3) is 10.0 Å². The highest BCUT2D eigenvalue weighted by molar-refractivity contribution is 8.03. The average Bonchev–Trinajstić information content (AvgIpc) is 3.33. The van der Waals surface area contributed by atoms with E-state index in [4.69, 9.17) is 10.5 Å². The van der Waals surface area contributed by atoms with E-state index < -0.39 is 25.7 Å². The van der Waals surface area contributed by atoms with E-state index in [9.17, 15) is 17.4 Å². The Morgan fingerprint density at radius 1 is 1.33 bits per heavy atom. The Hall–Kier alpha value is -1.45. The first-order valence-electron chi connectivity index (χ1n) is 9.14. The molecule has 2 N–H and O–H groups in total. The number of aryl methyl sites for hydroxylation is 1. The van der Waals surface area contributed by atoms with Gasteiger partial charge < -0.3 is 10.5 Å². The first-order valence-corrected chi connectivity index (χ1v) is 12.4. The van der Waals surface area contributed by atoms with E-state index in [0.717, 1.165) is 12.8 Å². The fraction of sp³-hybridized carbons (Fsp3) is 0.611. The van der Waals surface area contributed by atoms with Crippen LogP contribution >= 0.6 is 0 Å². The zero-order valence-corrected chi connectivity index (χ0v) is 17.3. The van der Waals surface area contributed by atoms with Crippen LogP contribution in [0.15, 0.2) is 26.9 Å². The molecule has 2 aliphatic rings. The van der Waals surface area contributed by atoms with Gasteiger partial charge >= 0.3 is 5.97 Å². The Morgan fingerprint density at radius 2 is 1.96 bits per heavy atom. The van der Waals surface area contributed by atoms with Crippen LogP contribution in [0.5, 0.6) is 0 Å². The third-order valence-corrected chi connectivity index (χ3v) is 9.92. The summed E-state index contributed by atoms with van der Waals surface area (Å²) in [6.45, 7) is 3.57. The highest BCUT2D eigenvalue weighted by Gasteiger charge is 2.47. The molecule has 7 nitrogen and oxygen atoms in total. The predicted octanol–water partition coefficient (Wildman–Crippen LogP) is 2.23. The van der Waals surface area contributed by atoms with E-state index in [1.54, 1.807) is 13.8 Å². The smallest absolute Gasteiger partial charge is 0.338 e. The fourth-order valence-corrected chi connectivity index (χ4v) is 7.90. The lowest BCUT2D eigenvalue weighted by Crippen LogP contribution is -2.38. The molecule has 2 fully saturated rings. The van der Waals surface area contributed by atoms with Crippen LogP contribution in [-0.2, 0) is 24.5 Å². The molecule has 0 bridgehead atoms. The van der Waals surface area contributed by atoms with Crippen molar-refractivity contribution in [2.75, 3.05) is 18.1 Å². The molecule has 0 amide bonds. The molecular weight excluding hydrogens is 388 g/mol. The standard InChI is InChI=1S/C18H26N2O5S2/c1-3-25-17(21)16-12-15(5-4-13(16)2)27(23,24)20-26(22)10-6-14(7-11-26)18(19)8-9-18/h4-5,12,14H,3,6-11,19H2,1-2H3. The second-order valence-electron chi connectivity index (χ2n) is 7.44. The van der Waals surface area contributed by atoms with Crippen LogP contribution in [0.2, 0.25) is 0 Å². The number of hydrogen-bond donors (Lipinski definition) is 1. The summed E-state index contributed by atoms with van der Waals surface area (Å²) in [5.41, 5.74) is 6.86. The van der Waals surface area contributed by atoms with Gasteiger partial charge in [-0.2, -0.15) is 8.42 Å². The lowest BCUT2D eigenvalue weighted by molar-refractivity contribution is 0.0525. The molecule has 1 saturated carbocycles. The molecular formula is C18H26N2O5S2. The maximum absolute atomic E-state index is 13.0. The maximum Gasteiger partial charge on any atom is 0.338 e. The topological polar surface area (TPSA) is 116 Å². The number of ether oxygens (including phenoxy) is 1. The molecule has 0 unspecified atom stereocenters. The molecule has 27 heavy (non-hydrogen) atoms. The SMILES string of the molecule is CCOC(=O)c1cc(S(=O)(=O)N=S2(=O)CCC(C3(N)CC3)CC2)ccc1C. The third-order valence-electron chi connectivity index (χ3n) is 5.45. The number of carbonyl (C=O) groups is 1. The molecule has 1 saturated heterocycles. The van der Waals surface area contributed by atoms with Crippen LogP contribution in [0.3, 0.4) is 0 Å². The third kappa shape index (κ3) is 4.35. The van der Waals surface area contributed by atoms with Crippen molar-refractivity contribution in [3.63, 3.8) is 0 Å². The average molecular weight is 415 g/mol. The van der Waals surface area contributed by atoms with Crippen molar-refractivity contribution in [2.45, 2.75) is 50.0 Å². The molecule has 1 aromatic carbocycles. The van der Waals surface area contributed by atoms with Crippen molar-refractivity contribution in [2.24, 2.45) is 15.4 Å². The van der Waals surface area contributed by atoms with Gasteiger partial charge in [0, 0.05) is 17.0 Å². The van der Waals surface area contributed by atoms with Crippen molar-refractivity contribution in [1.82, 2.24) is 0 Å². The summed E-state index contributed by atoms with van der Waals surface area (Å²) in [7, 11) is -6.98. The van der Waals surface area contributed by atoms with E-state index in [1.165, 1.54) is 18.2 Å². The molecule has 3 rings (SSSR count). The van der Waals surface area contributed by atoms with Crippen molar-refractivity contribution in [3.8, 4) is 0 Å². The van der Waals surface area contributed by atoms with Gasteiger partial charge in [0.05, 0.1) is 26.8 Å². The van der Waals surface area contributed by atoms with Crippen molar-refractivity contribution in [1.29, 1.82) is 0 Å². The first kappa shape index (κ1) is 20.3. The summed E-state index contributed by atoms with van der Waals surface area (Å²) in [4.78, 5) is 11.9. The molecule has 0 aromatic heterocycles. The van der Waals surface area contributed by atoms with Crippen molar-refractivity contribution < 1.29 is 22.2 Å². The van der Waals surface area contributed by atoms with Crippen molar-refractivity contribution >= 4 is 25.7 Å². The molecule has 0 atom stereocenters. The summed E-state index contributed by atoms with van der Waals surface area (Å²) in [5, 5.41) is 0. The molecule has 0 radical (unpaired) electrons. The van der Waals surface area contributed by atoms with E-state index in [-0.39, 0.29) is 34.1 Å². The van der Waals surface area contributed by atoms with Gasteiger partial charge in [0.1, 0.15) is 0 Å². The number of esters is 1. The second-order valence-corrected chi connectivity index (χ2v) is 11.8. The van der Waals surface area contributed by atoms with Gasteiger partial charge in [-0.15, -0.1) is 3.77 Å². The molecule has 9 heteroatoms. The second kappa shape index (κ2) is 7.18. The lowest BCUT2D eigenvalue weighted by atomic mass is 9.92. The lowest BCUT2D eigenvalue weighted by Gasteiger charge is -2.29. The van der Waals surface area contributed by atoms with Gasteiger partial charge in [-0.05, 0) is 63.1 Å². The summed E-state index contributed by atoms with van der Waals surface area (Å²) in [5.74, 6) is 0.188. The highest BCUT2D eigenvalue weighted by Crippen LogP contribution is 2.44. The molecule has 1 heterocycles. The van der Waals surface area contributed by atoms with Gasteiger partial charge in [-0.1, -0.05) is 6.07 Å². The highest BCUT2D eigenvalue weighted by atomic mass is 32.3. The minimum atomic E-state index is -4.13. The minimum Gasteiger partial charge on any atom is -0.462 e. The quantitative estimate of drug-likeness (QED) is 0.739. The molecule has 1 aliphatic carbocycles. The van der Waals surface area contributed by atoms with Crippen LogP contribution in [0, 0.1) is 12.8 Å². The fourth-order valence-electron chi connectivity index (χ4n) is 3.51. The Balaban J connectivity index is 1.86. The van der Waals surface area contributed by atoms with E-state index >= 15 is 0 Å². The van der Waals surface area contributed by atoms with Crippen LogP contribution in [-0.4, -0.2) is 42.2 Å². The molecule has 150 valence electrons. The summed E-state index contributed by atoms with van der Waals surface area (Å²) in [6, 6.07) is 4.16. The zero-order chi connectivity index (χ0) is 19.9. The molecule has 0 spiro atoms. The van der Waals surface area contributed by atoms with Crippen molar-refractivity contribution in [3.05, 3.63) is 29.3 Å². The molecule has 1 aliphatic heterocycles. The normalized spacial score (nSPS) is 27.0. The summed E-state index contributed by atoms with van der Waals surface area (Å²) < 4.78 is 47.2. The van der Waals surface area contributed by atoms with Crippen LogP contribution in [0.1, 0.15) is 48.5 Å². The number of sulfonamides is 1. The van der Waals surface area contributed by atoms with Gasteiger partial charge in [0.2, 0.25) is 0 Å². The Morgan fingerprint density at radius 3 is 2.52 bits per heavy atom. The minimum absolute atomic E-state index is 0.140. The van der Waals surface area contributed by atoms with E-state index in [0.29, 0.717) is 24.3 Å². The Bertz CT molecular complexity index is 959. The number of carbonyl (C=O) groups excluding carboxylic acids is 1. The largest absolute Gasteiger partial charge is 0.462 e. The van der Waals surface area contributed by atoms with E-state index in [1.807, 2.05) is 0 Å². The van der Waals surface area contributed by atoms with Crippen LogP contribution in [0.4, 0.5) is 0 Å². The zero-order valence-electron chi connectivity index (χ0n) is 15.6. The monoisotopic (exact) mass is 414 g/mol. The molecule has 1 aromatic rings. The van der Waals surface area contributed by atoms with Gasteiger partial charge in [0.15, 0.2) is 0 Å². The number of rotatable bonds is 5. The summed E-state index contributed by atoms with van der Waals surface area (Å²) >= 11 is 0. The number of hydrogen-bond acceptors (Lipinski definition) is 6. The Kier molecular flexibility index (Phi) is 5.39. The number of benzene rings is 1. The van der Waals surface area contributed by atoms with Gasteiger partial charge in [-0.25, -0.2) is 9.00 Å². The van der Waals surface area contributed by atoms with Crippen LogP contribution in [0.25, 0.3) is 0 Å². The van der Waals surface area contributed by atoms with Gasteiger partial charge in [-0.3, -0.25) is 0 Å². The number of nitrogens with zero attached hydrogens (tertiary/aromatic N) is 1. The summed E-state index contributed by atoms with van der Waals surface area (Å²) in [6.07, 6.45) is 3.23. The predicted molar refractivity (Wildman–Crippen MR) is 104 cm³/mol. The van der Waals surface area contributed by atoms with Crippen LogP contribution < -0.4 is 5.73 Å². The number of nitrogens with two attached hydrogens (primary N) is 1. The maximum atomic E-state index is 13.0. The van der Waals surface area contributed by atoms with E-state index in [2.05, 4.69) is 3.77 Å².